The number of nitrogens with one attached hydrogen (secondary N) is 1. The van der Waals surface area contributed by atoms with Crippen LogP contribution < -0.4 is 5.32 Å². The summed E-state index contributed by atoms with van der Waals surface area (Å²) in [4.78, 5) is 27.0. The van der Waals surface area contributed by atoms with E-state index in [-0.39, 0.29) is 30.6 Å². The van der Waals surface area contributed by atoms with Crippen molar-refractivity contribution in [2.24, 2.45) is 0 Å². The molecule has 1 N–H and O–H groups in total. The Bertz CT molecular complexity index is 356. The van der Waals surface area contributed by atoms with E-state index in [9.17, 15) is 9.59 Å². The van der Waals surface area contributed by atoms with E-state index in [1.54, 1.807) is 23.9 Å². The van der Waals surface area contributed by atoms with Gasteiger partial charge in [0.05, 0.1) is 25.4 Å². The van der Waals surface area contributed by atoms with Gasteiger partial charge in [0.15, 0.2) is 0 Å². The fourth-order valence-electron chi connectivity index (χ4n) is 2.42. The normalized spacial score (nSPS) is 26.6. The first-order valence-electron chi connectivity index (χ1n) is 6.99. The number of ether oxygens (including phenoxy) is 2. The number of likely N-dealkylation sites (N-methyl/N-ethyl adjacent to an activating group) is 1. The van der Waals surface area contributed by atoms with Crippen LogP contribution in [0.5, 0.6) is 0 Å². The van der Waals surface area contributed by atoms with Crippen molar-refractivity contribution in [3.63, 3.8) is 0 Å². The van der Waals surface area contributed by atoms with Gasteiger partial charge < -0.3 is 24.6 Å². The predicted octanol–water partition coefficient (Wildman–Crippen LogP) is -1.32. The lowest BCUT2D eigenvalue weighted by Gasteiger charge is -2.27. The summed E-state index contributed by atoms with van der Waals surface area (Å²) in [7, 11) is 3.47. The topological polar surface area (TPSA) is 71.1 Å². The molecule has 2 aliphatic rings. The van der Waals surface area contributed by atoms with Crippen LogP contribution in [0.3, 0.4) is 0 Å². The lowest BCUT2D eigenvalue weighted by molar-refractivity contribution is -0.141. The highest BCUT2D eigenvalue weighted by Gasteiger charge is 2.31. The van der Waals surface area contributed by atoms with Crippen LogP contribution in [0.4, 0.5) is 0 Å². The molecule has 0 aromatic carbocycles. The van der Waals surface area contributed by atoms with Crippen LogP contribution in [-0.4, -0.2) is 87.3 Å². The van der Waals surface area contributed by atoms with Crippen molar-refractivity contribution in [1.82, 2.24) is 15.1 Å². The van der Waals surface area contributed by atoms with E-state index in [1.807, 2.05) is 0 Å². The molecule has 2 saturated heterocycles. The van der Waals surface area contributed by atoms with Crippen LogP contribution in [0, 0.1) is 0 Å². The fraction of sp³-hybridized carbons (Fsp3) is 0.846. The highest BCUT2D eigenvalue weighted by Crippen LogP contribution is 2.12. The largest absolute Gasteiger partial charge is 0.378 e. The zero-order chi connectivity index (χ0) is 14.5. The molecule has 7 nitrogen and oxygen atoms in total. The molecule has 2 heterocycles. The maximum atomic E-state index is 11.9. The van der Waals surface area contributed by atoms with Gasteiger partial charge in [0, 0.05) is 33.7 Å². The lowest BCUT2D eigenvalue weighted by atomic mass is 10.2. The Morgan fingerprint density at radius 1 is 1.35 bits per heavy atom. The maximum Gasteiger partial charge on any atom is 0.248 e. The average Bonchev–Trinajstić information content (AvgIpc) is 2.93. The molecule has 20 heavy (non-hydrogen) atoms. The molecular weight excluding hydrogens is 262 g/mol. The smallest absolute Gasteiger partial charge is 0.248 e. The summed E-state index contributed by atoms with van der Waals surface area (Å²) in [6, 6.07) is -0.200. The third kappa shape index (κ3) is 3.91. The van der Waals surface area contributed by atoms with E-state index in [2.05, 4.69) is 5.32 Å². The van der Waals surface area contributed by atoms with Gasteiger partial charge in [-0.2, -0.15) is 0 Å². The number of rotatable bonds is 4. The van der Waals surface area contributed by atoms with Gasteiger partial charge in [0.2, 0.25) is 11.8 Å². The van der Waals surface area contributed by atoms with Gasteiger partial charge in [0.25, 0.3) is 0 Å². The second kappa shape index (κ2) is 7.01. The van der Waals surface area contributed by atoms with Crippen molar-refractivity contribution in [2.75, 3.05) is 53.6 Å². The Hall–Kier alpha value is -1.18. The summed E-state index contributed by atoms with van der Waals surface area (Å²) >= 11 is 0. The van der Waals surface area contributed by atoms with Crippen molar-refractivity contribution >= 4 is 11.8 Å². The van der Waals surface area contributed by atoms with Crippen LogP contribution in [0.15, 0.2) is 0 Å². The molecule has 2 unspecified atom stereocenters. The minimum absolute atomic E-state index is 0.00399. The second-order valence-electron chi connectivity index (χ2n) is 5.36. The summed E-state index contributed by atoms with van der Waals surface area (Å²) in [5.41, 5.74) is 0. The number of hydrogen-bond donors (Lipinski definition) is 1. The Balaban J connectivity index is 1.70. The van der Waals surface area contributed by atoms with Gasteiger partial charge in [-0.1, -0.05) is 0 Å². The molecule has 0 radical (unpaired) electrons. The minimum atomic E-state index is -0.200. The van der Waals surface area contributed by atoms with E-state index in [0.29, 0.717) is 39.3 Å². The molecule has 0 aromatic heterocycles. The summed E-state index contributed by atoms with van der Waals surface area (Å²) in [6.07, 6.45) is 0.543. The van der Waals surface area contributed by atoms with Gasteiger partial charge in [-0.15, -0.1) is 0 Å². The molecule has 0 aromatic rings. The summed E-state index contributed by atoms with van der Waals surface area (Å²) in [5, 5.41) is 3.13. The molecule has 2 aliphatic heterocycles. The van der Waals surface area contributed by atoms with Crippen LogP contribution in [0.2, 0.25) is 0 Å². The Kier molecular flexibility index (Phi) is 5.33. The number of carbonyl (C=O) groups is 2. The Labute approximate surface area is 119 Å². The maximum absolute atomic E-state index is 11.9. The van der Waals surface area contributed by atoms with E-state index >= 15 is 0 Å². The van der Waals surface area contributed by atoms with Crippen molar-refractivity contribution < 1.29 is 19.1 Å². The monoisotopic (exact) mass is 285 g/mol. The molecule has 7 heteroatoms. The molecule has 0 spiro atoms. The molecule has 2 amide bonds. The SMILES string of the molecule is CN(C)C(=O)C1CC(OCC(=O)N2CCOCC2)CN1. The average molecular weight is 285 g/mol. The van der Waals surface area contributed by atoms with Crippen molar-refractivity contribution in [1.29, 1.82) is 0 Å². The zero-order valence-electron chi connectivity index (χ0n) is 12.1. The molecule has 2 rings (SSSR count). The molecule has 2 atom stereocenters. The molecule has 0 saturated carbocycles. The first-order chi connectivity index (χ1) is 9.58. The zero-order valence-corrected chi connectivity index (χ0v) is 12.1. The van der Waals surface area contributed by atoms with E-state index < -0.39 is 0 Å². The first-order valence-corrected chi connectivity index (χ1v) is 6.99. The standard InChI is InChI=1S/C13H23N3O4/c1-15(2)13(18)11-7-10(8-14-11)20-9-12(17)16-3-5-19-6-4-16/h10-11,14H,3-9H2,1-2H3. The third-order valence-corrected chi connectivity index (χ3v) is 3.64. The van der Waals surface area contributed by atoms with Gasteiger partial charge in [-0.3, -0.25) is 9.59 Å². The van der Waals surface area contributed by atoms with Crippen LogP contribution in [0.1, 0.15) is 6.42 Å². The number of amides is 2. The molecular formula is C13H23N3O4. The highest BCUT2D eigenvalue weighted by molar-refractivity contribution is 5.81. The minimum Gasteiger partial charge on any atom is -0.378 e. The van der Waals surface area contributed by atoms with Gasteiger partial charge >= 0.3 is 0 Å². The Morgan fingerprint density at radius 2 is 2.05 bits per heavy atom. The summed E-state index contributed by atoms with van der Waals surface area (Å²) in [5.74, 6) is 0.0475. The van der Waals surface area contributed by atoms with E-state index in [0.717, 1.165) is 0 Å². The first kappa shape index (κ1) is 15.2. The van der Waals surface area contributed by atoms with Gasteiger partial charge in [0.1, 0.15) is 6.61 Å². The second-order valence-corrected chi connectivity index (χ2v) is 5.36. The molecule has 114 valence electrons. The summed E-state index contributed by atoms with van der Waals surface area (Å²) < 4.78 is 10.8. The predicted molar refractivity (Wildman–Crippen MR) is 72.2 cm³/mol. The number of hydrogen-bond acceptors (Lipinski definition) is 5. The van der Waals surface area contributed by atoms with Crippen LogP contribution >= 0.6 is 0 Å². The number of carbonyl (C=O) groups excluding carboxylic acids is 2. The van der Waals surface area contributed by atoms with Crippen molar-refractivity contribution in [3.8, 4) is 0 Å². The van der Waals surface area contributed by atoms with E-state index in [4.69, 9.17) is 9.47 Å². The van der Waals surface area contributed by atoms with Crippen molar-refractivity contribution in [3.05, 3.63) is 0 Å². The van der Waals surface area contributed by atoms with Crippen molar-refractivity contribution in [2.45, 2.75) is 18.6 Å². The number of nitrogens with zero attached hydrogens (tertiary/aromatic N) is 2. The molecule has 0 bridgehead atoms. The van der Waals surface area contributed by atoms with Crippen LogP contribution in [-0.2, 0) is 19.1 Å². The third-order valence-electron chi connectivity index (χ3n) is 3.64. The van der Waals surface area contributed by atoms with Gasteiger partial charge in [-0.25, -0.2) is 0 Å². The summed E-state index contributed by atoms with van der Waals surface area (Å²) in [6.45, 7) is 3.14. The molecule has 2 fully saturated rings. The lowest BCUT2D eigenvalue weighted by Crippen LogP contribution is -2.43. The number of morpholine rings is 1. The highest BCUT2D eigenvalue weighted by atomic mass is 16.5. The van der Waals surface area contributed by atoms with E-state index in [1.165, 1.54) is 0 Å². The fourth-order valence-corrected chi connectivity index (χ4v) is 2.42. The Morgan fingerprint density at radius 3 is 2.70 bits per heavy atom. The quantitative estimate of drug-likeness (QED) is 0.694. The van der Waals surface area contributed by atoms with Gasteiger partial charge in [-0.05, 0) is 6.42 Å². The molecule has 0 aliphatic carbocycles. The van der Waals surface area contributed by atoms with Crippen LogP contribution in [0.25, 0.3) is 0 Å².